The highest BCUT2D eigenvalue weighted by Gasteiger charge is 2.25. The van der Waals surface area contributed by atoms with Gasteiger partial charge in [-0.3, -0.25) is 14.6 Å². The van der Waals surface area contributed by atoms with E-state index in [9.17, 15) is 10.1 Å². The van der Waals surface area contributed by atoms with Gasteiger partial charge in [-0.2, -0.15) is 5.26 Å². The smallest absolute Gasteiger partial charge is 0.266 e. The molecule has 28 heavy (non-hydrogen) atoms. The summed E-state index contributed by atoms with van der Waals surface area (Å²) in [7, 11) is 0. The van der Waals surface area contributed by atoms with Crippen LogP contribution >= 0.6 is 0 Å². The predicted octanol–water partition coefficient (Wildman–Crippen LogP) is 0.348. The van der Waals surface area contributed by atoms with Crippen molar-refractivity contribution in [2.75, 3.05) is 65.5 Å². The highest BCUT2D eigenvalue weighted by Crippen LogP contribution is 2.12. The van der Waals surface area contributed by atoms with E-state index in [4.69, 9.17) is 5.11 Å². The number of nitriles is 1. The van der Waals surface area contributed by atoms with Crippen molar-refractivity contribution in [3.05, 3.63) is 47.7 Å². The minimum atomic E-state index is -0.167. The zero-order chi connectivity index (χ0) is 19.8. The van der Waals surface area contributed by atoms with Gasteiger partial charge in [0.1, 0.15) is 11.6 Å². The number of hydrogen-bond acceptors (Lipinski definition) is 6. The summed E-state index contributed by atoms with van der Waals surface area (Å²) in [5.74, 6) is -0.167. The lowest BCUT2D eigenvalue weighted by Crippen LogP contribution is -2.49. The molecule has 0 aliphatic carbocycles. The van der Waals surface area contributed by atoms with E-state index in [1.165, 1.54) is 5.56 Å². The summed E-state index contributed by atoms with van der Waals surface area (Å²) in [6.07, 6.45) is 1.72. The molecule has 150 valence electrons. The van der Waals surface area contributed by atoms with Gasteiger partial charge in [0.25, 0.3) is 5.91 Å². The molecule has 2 aliphatic rings. The molecule has 1 aromatic rings. The van der Waals surface area contributed by atoms with Crippen LogP contribution in [0, 0.1) is 11.3 Å². The third-order valence-electron chi connectivity index (χ3n) is 5.39. The SMILES string of the molecule is N#C/C(=C/N1CCN(CCO)CC1)C(=O)N1CCN(Cc2ccccc2)CC1. The maximum absolute atomic E-state index is 12.8. The number of amides is 1. The molecule has 2 saturated heterocycles. The first-order chi connectivity index (χ1) is 13.7. The lowest BCUT2D eigenvalue weighted by molar-refractivity contribution is -0.128. The van der Waals surface area contributed by atoms with Gasteiger partial charge >= 0.3 is 0 Å². The fourth-order valence-corrected chi connectivity index (χ4v) is 3.69. The zero-order valence-corrected chi connectivity index (χ0v) is 16.3. The number of rotatable bonds is 6. The van der Waals surface area contributed by atoms with Crippen molar-refractivity contribution in [2.45, 2.75) is 6.54 Å². The van der Waals surface area contributed by atoms with Gasteiger partial charge in [0, 0.05) is 71.6 Å². The largest absolute Gasteiger partial charge is 0.395 e. The van der Waals surface area contributed by atoms with E-state index in [1.54, 1.807) is 11.1 Å². The molecule has 1 aromatic carbocycles. The summed E-state index contributed by atoms with van der Waals surface area (Å²) in [6, 6.07) is 12.4. The molecule has 0 radical (unpaired) electrons. The number of nitrogens with zero attached hydrogens (tertiary/aromatic N) is 5. The Morgan fingerprint density at radius 2 is 1.64 bits per heavy atom. The van der Waals surface area contributed by atoms with Gasteiger partial charge in [0.15, 0.2) is 0 Å². The maximum Gasteiger partial charge on any atom is 0.266 e. The Bertz CT molecular complexity index is 699. The van der Waals surface area contributed by atoms with Crippen molar-refractivity contribution in [3.63, 3.8) is 0 Å². The minimum absolute atomic E-state index is 0.161. The minimum Gasteiger partial charge on any atom is -0.395 e. The van der Waals surface area contributed by atoms with Crippen molar-refractivity contribution in [1.29, 1.82) is 5.26 Å². The fourth-order valence-electron chi connectivity index (χ4n) is 3.69. The first-order valence-corrected chi connectivity index (χ1v) is 9.94. The van der Waals surface area contributed by atoms with E-state index in [2.05, 4.69) is 28.0 Å². The molecule has 0 atom stereocenters. The van der Waals surface area contributed by atoms with E-state index < -0.39 is 0 Å². The van der Waals surface area contributed by atoms with Crippen LogP contribution in [0.5, 0.6) is 0 Å². The number of benzene rings is 1. The van der Waals surface area contributed by atoms with Crippen LogP contribution in [0.25, 0.3) is 0 Å². The molecule has 0 saturated carbocycles. The van der Waals surface area contributed by atoms with E-state index in [1.807, 2.05) is 23.1 Å². The Morgan fingerprint density at radius 3 is 2.25 bits per heavy atom. The standard InChI is InChI=1S/C21H29N5O2/c22-16-20(18-25-8-6-23(7-9-25)14-15-27)21(28)26-12-10-24(11-13-26)17-19-4-2-1-3-5-19/h1-5,18,27H,6-15,17H2/b20-18-. The van der Waals surface area contributed by atoms with E-state index in [0.717, 1.165) is 45.8 Å². The van der Waals surface area contributed by atoms with Crippen LogP contribution in [-0.2, 0) is 11.3 Å². The Morgan fingerprint density at radius 1 is 1.00 bits per heavy atom. The van der Waals surface area contributed by atoms with Gasteiger partial charge in [-0.25, -0.2) is 0 Å². The molecule has 7 heteroatoms. The lowest BCUT2D eigenvalue weighted by Gasteiger charge is -2.35. The van der Waals surface area contributed by atoms with Gasteiger partial charge in [0.05, 0.1) is 6.61 Å². The van der Waals surface area contributed by atoms with Gasteiger partial charge in [0.2, 0.25) is 0 Å². The molecule has 0 spiro atoms. The molecule has 2 heterocycles. The summed E-state index contributed by atoms with van der Waals surface area (Å²) < 4.78 is 0. The van der Waals surface area contributed by atoms with Crippen molar-refractivity contribution >= 4 is 5.91 Å². The van der Waals surface area contributed by atoms with Crippen LogP contribution in [0.1, 0.15) is 5.56 Å². The molecule has 2 aliphatic heterocycles. The van der Waals surface area contributed by atoms with Crippen molar-refractivity contribution in [1.82, 2.24) is 19.6 Å². The van der Waals surface area contributed by atoms with Crippen LogP contribution in [0.2, 0.25) is 0 Å². The maximum atomic E-state index is 12.8. The molecule has 0 aromatic heterocycles. The lowest BCUT2D eigenvalue weighted by atomic mass is 10.2. The zero-order valence-electron chi connectivity index (χ0n) is 16.3. The first-order valence-electron chi connectivity index (χ1n) is 9.94. The molecule has 0 bridgehead atoms. The summed E-state index contributed by atoms with van der Waals surface area (Å²) in [5, 5.41) is 18.5. The predicted molar refractivity (Wildman–Crippen MR) is 107 cm³/mol. The molecule has 1 amide bonds. The monoisotopic (exact) mass is 383 g/mol. The Labute approximate surface area is 167 Å². The second-order valence-electron chi connectivity index (χ2n) is 7.31. The second-order valence-corrected chi connectivity index (χ2v) is 7.31. The summed E-state index contributed by atoms with van der Waals surface area (Å²) in [5.41, 5.74) is 1.49. The van der Waals surface area contributed by atoms with E-state index >= 15 is 0 Å². The third-order valence-corrected chi connectivity index (χ3v) is 5.39. The Balaban J connectivity index is 1.50. The quantitative estimate of drug-likeness (QED) is 0.564. The van der Waals surface area contributed by atoms with Crippen LogP contribution < -0.4 is 0 Å². The molecule has 0 unspecified atom stereocenters. The van der Waals surface area contributed by atoms with Crippen molar-refractivity contribution in [2.24, 2.45) is 0 Å². The summed E-state index contributed by atoms with van der Waals surface area (Å²) >= 11 is 0. The van der Waals surface area contributed by atoms with Gasteiger partial charge < -0.3 is 14.9 Å². The summed E-state index contributed by atoms with van der Waals surface area (Å²) in [4.78, 5) is 21.1. The first kappa shape index (κ1) is 20.3. The molecular weight excluding hydrogens is 354 g/mol. The fraction of sp³-hybridized carbons (Fsp3) is 0.524. The van der Waals surface area contributed by atoms with Crippen LogP contribution in [0.15, 0.2) is 42.1 Å². The molecular formula is C21H29N5O2. The topological polar surface area (TPSA) is 74.0 Å². The average Bonchev–Trinajstić information content (AvgIpc) is 2.74. The van der Waals surface area contributed by atoms with Gasteiger partial charge in [-0.15, -0.1) is 0 Å². The highest BCUT2D eigenvalue weighted by molar-refractivity contribution is 5.97. The van der Waals surface area contributed by atoms with E-state index in [-0.39, 0.29) is 18.1 Å². The molecule has 7 nitrogen and oxygen atoms in total. The number of piperazine rings is 2. The average molecular weight is 383 g/mol. The molecule has 2 fully saturated rings. The van der Waals surface area contributed by atoms with Crippen LogP contribution in [-0.4, -0.2) is 96.1 Å². The number of aliphatic hydroxyl groups excluding tert-OH is 1. The van der Waals surface area contributed by atoms with Crippen molar-refractivity contribution < 1.29 is 9.90 Å². The Hall–Kier alpha value is -2.40. The highest BCUT2D eigenvalue weighted by atomic mass is 16.3. The normalized spacial score (nSPS) is 19.5. The van der Waals surface area contributed by atoms with Crippen LogP contribution in [0.4, 0.5) is 0 Å². The number of carbonyl (C=O) groups is 1. The third kappa shape index (κ3) is 5.55. The number of hydrogen-bond donors (Lipinski definition) is 1. The Kier molecular flexibility index (Phi) is 7.43. The number of aliphatic hydroxyl groups is 1. The molecule has 3 rings (SSSR count). The number of carbonyl (C=O) groups excluding carboxylic acids is 1. The van der Waals surface area contributed by atoms with Gasteiger partial charge in [-0.1, -0.05) is 30.3 Å². The van der Waals surface area contributed by atoms with E-state index in [0.29, 0.717) is 19.6 Å². The molecule has 1 N–H and O–H groups in total. The summed E-state index contributed by atoms with van der Waals surface area (Å²) in [6.45, 7) is 7.87. The van der Waals surface area contributed by atoms with Gasteiger partial charge in [-0.05, 0) is 5.56 Å². The second kappa shape index (κ2) is 10.2. The number of β-amino-alcohol motifs (C(OH)–C–C–N with tert-alkyl or cyclic N) is 1. The van der Waals surface area contributed by atoms with Crippen LogP contribution in [0.3, 0.4) is 0 Å². The van der Waals surface area contributed by atoms with Crippen molar-refractivity contribution in [3.8, 4) is 6.07 Å².